The third-order valence-corrected chi connectivity index (χ3v) is 4.11. The summed E-state index contributed by atoms with van der Waals surface area (Å²) in [6.45, 7) is 3.65. The number of anilines is 1. The zero-order valence-corrected chi connectivity index (χ0v) is 13.4. The van der Waals surface area contributed by atoms with Crippen LogP contribution in [0.2, 0.25) is 5.02 Å². The lowest BCUT2D eigenvalue weighted by Crippen LogP contribution is -2.54. The summed E-state index contributed by atoms with van der Waals surface area (Å²) in [5.74, 6) is 0.426. The third kappa shape index (κ3) is 4.06. The Bertz CT molecular complexity index is 510. The van der Waals surface area contributed by atoms with E-state index in [0.29, 0.717) is 29.0 Å². The topological polar surface area (TPSA) is 60.5 Å². The van der Waals surface area contributed by atoms with Gasteiger partial charge in [-0.1, -0.05) is 11.6 Å². The van der Waals surface area contributed by atoms with Crippen molar-refractivity contribution >= 4 is 23.3 Å². The van der Waals surface area contributed by atoms with Gasteiger partial charge in [0.1, 0.15) is 5.82 Å². The summed E-state index contributed by atoms with van der Waals surface area (Å²) in [5.41, 5.74) is 0.478. The highest BCUT2D eigenvalue weighted by Crippen LogP contribution is 2.19. The maximum atomic E-state index is 12.2. The minimum atomic E-state index is -0.145. The molecule has 0 aliphatic carbocycles. The van der Waals surface area contributed by atoms with Gasteiger partial charge >= 0.3 is 0 Å². The highest BCUT2D eigenvalue weighted by molar-refractivity contribution is 6.33. The van der Waals surface area contributed by atoms with Crippen molar-refractivity contribution in [1.82, 2.24) is 20.1 Å². The number of carbonyl (C=O) groups is 1. The van der Waals surface area contributed by atoms with E-state index in [2.05, 4.69) is 39.5 Å². The van der Waals surface area contributed by atoms with Crippen molar-refractivity contribution in [3.63, 3.8) is 0 Å². The van der Waals surface area contributed by atoms with Gasteiger partial charge in [-0.25, -0.2) is 4.98 Å². The molecule has 21 heavy (non-hydrogen) atoms. The predicted molar refractivity (Wildman–Crippen MR) is 85.0 cm³/mol. The van der Waals surface area contributed by atoms with Crippen LogP contribution in [0, 0.1) is 0 Å². The van der Waals surface area contributed by atoms with Crippen LogP contribution in [0.1, 0.15) is 10.4 Å². The Labute approximate surface area is 130 Å². The van der Waals surface area contributed by atoms with Crippen LogP contribution in [-0.2, 0) is 0 Å². The van der Waals surface area contributed by atoms with E-state index in [4.69, 9.17) is 11.6 Å². The van der Waals surface area contributed by atoms with E-state index in [1.165, 1.54) is 6.20 Å². The van der Waals surface area contributed by atoms with Gasteiger partial charge < -0.3 is 15.5 Å². The van der Waals surface area contributed by atoms with E-state index in [-0.39, 0.29) is 5.91 Å². The Hall–Kier alpha value is -1.37. The Balaban J connectivity index is 1.93. The molecular weight excluding hydrogens is 290 g/mol. The monoisotopic (exact) mass is 311 g/mol. The van der Waals surface area contributed by atoms with Crippen molar-refractivity contribution in [2.24, 2.45) is 0 Å². The van der Waals surface area contributed by atoms with Crippen LogP contribution in [-0.4, -0.2) is 74.1 Å². The number of halogens is 1. The lowest BCUT2D eigenvalue weighted by Gasteiger charge is -2.37. The number of nitrogens with zero attached hydrogens (tertiary/aromatic N) is 3. The summed E-state index contributed by atoms with van der Waals surface area (Å²) in [4.78, 5) is 20.8. The van der Waals surface area contributed by atoms with E-state index < -0.39 is 0 Å². The normalized spacial score (nSPS) is 20.3. The first-order chi connectivity index (χ1) is 10.0. The van der Waals surface area contributed by atoms with Gasteiger partial charge in [-0.3, -0.25) is 9.69 Å². The average molecular weight is 312 g/mol. The summed E-state index contributed by atoms with van der Waals surface area (Å²) >= 11 is 6.04. The molecule has 6 nitrogen and oxygen atoms in total. The fraction of sp³-hybridized carbons (Fsp3) is 0.571. The van der Waals surface area contributed by atoms with Crippen LogP contribution in [0.25, 0.3) is 0 Å². The molecule has 1 atom stereocenters. The molecule has 2 heterocycles. The number of piperazine rings is 1. The van der Waals surface area contributed by atoms with E-state index in [1.54, 1.807) is 13.1 Å². The van der Waals surface area contributed by atoms with Gasteiger partial charge in [0.05, 0.1) is 10.6 Å². The standard InChI is InChI=1S/C14H22ClN5O/c1-16-13-12(15)6-10(7-17-13)14(21)18-8-11-9-19(2)4-5-20(11)3/h6-7,11H,4-5,8-9H2,1-3H3,(H,16,17)(H,18,21). The Kier molecular flexibility index (Phi) is 5.39. The summed E-state index contributed by atoms with van der Waals surface area (Å²) < 4.78 is 0. The average Bonchev–Trinajstić information content (AvgIpc) is 2.47. The molecule has 0 aromatic carbocycles. The highest BCUT2D eigenvalue weighted by atomic mass is 35.5. The molecule has 1 fully saturated rings. The number of hydrogen-bond donors (Lipinski definition) is 2. The van der Waals surface area contributed by atoms with E-state index in [1.807, 2.05) is 0 Å². The summed E-state index contributed by atoms with van der Waals surface area (Å²) in [7, 11) is 5.93. The van der Waals surface area contributed by atoms with Crippen LogP contribution in [0.4, 0.5) is 5.82 Å². The van der Waals surface area contributed by atoms with Gasteiger partial charge in [0.25, 0.3) is 5.91 Å². The molecule has 0 bridgehead atoms. The summed E-state index contributed by atoms with van der Waals surface area (Å²) in [6.07, 6.45) is 1.53. The van der Waals surface area contributed by atoms with Crippen molar-refractivity contribution in [2.75, 3.05) is 52.6 Å². The largest absolute Gasteiger partial charge is 0.372 e. The highest BCUT2D eigenvalue weighted by Gasteiger charge is 2.22. The lowest BCUT2D eigenvalue weighted by molar-refractivity contribution is 0.0881. The van der Waals surface area contributed by atoms with Crippen LogP contribution in [0.5, 0.6) is 0 Å². The van der Waals surface area contributed by atoms with Crippen molar-refractivity contribution in [3.8, 4) is 0 Å². The van der Waals surface area contributed by atoms with Crippen LogP contribution < -0.4 is 10.6 Å². The summed E-state index contributed by atoms with van der Waals surface area (Å²) in [6, 6.07) is 1.96. The first-order valence-electron chi connectivity index (χ1n) is 7.01. The van der Waals surface area contributed by atoms with Crippen LogP contribution >= 0.6 is 11.6 Å². The van der Waals surface area contributed by atoms with Gasteiger partial charge in [-0.05, 0) is 20.2 Å². The number of nitrogens with one attached hydrogen (secondary N) is 2. The molecule has 0 radical (unpaired) electrons. The smallest absolute Gasteiger partial charge is 0.252 e. The van der Waals surface area contributed by atoms with Gasteiger partial charge in [0.2, 0.25) is 0 Å². The van der Waals surface area contributed by atoms with Gasteiger partial charge in [0.15, 0.2) is 0 Å². The summed E-state index contributed by atoms with van der Waals surface area (Å²) in [5, 5.41) is 6.27. The number of pyridine rings is 1. The predicted octanol–water partition coefficient (Wildman–Crippen LogP) is 0.752. The van der Waals surface area contributed by atoms with Crippen molar-refractivity contribution in [3.05, 3.63) is 22.8 Å². The second kappa shape index (κ2) is 7.06. The number of hydrogen-bond acceptors (Lipinski definition) is 5. The molecule has 1 aromatic heterocycles. The maximum absolute atomic E-state index is 12.2. The molecule has 7 heteroatoms. The number of likely N-dealkylation sites (N-methyl/N-ethyl adjacent to an activating group) is 2. The first kappa shape index (κ1) is 16.0. The zero-order chi connectivity index (χ0) is 15.4. The Morgan fingerprint density at radius 1 is 1.48 bits per heavy atom. The van der Waals surface area contributed by atoms with Gasteiger partial charge in [-0.2, -0.15) is 0 Å². The zero-order valence-electron chi connectivity index (χ0n) is 12.7. The molecule has 2 N–H and O–H groups in total. The Morgan fingerprint density at radius 3 is 2.90 bits per heavy atom. The van der Waals surface area contributed by atoms with E-state index in [0.717, 1.165) is 19.6 Å². The van der Waals surface area contributed by atoms with E-state index >= 15 is 0 Å². The third-order valence-electron chi connectivity index (χ3n) is 3.82. The van der Waals surface area contributed by atoms with Crippen molar-refractivity contribution < 1.29 is 4.79 Å². The number of aromatic nitrogens is 1. The SMILES string of the molecule is CNc1ncc(C(=O)NCC2CN(C)CCN2C)cc1Cl. The molecule has 2 rings (SSSR count). The molecule has 0 spiro atoms. The minimum Gasteiger partial charge on any atom is -0.372 e. The molecule has 116 valence electrons. The van der Waals surface area contributed by atoms with Crippen molar-refractivity contribution in [2.45, 2.75) is 6.04 Å². The molecule has 1 unspecified atom stereocenters. The molecule has 1 saturated heterocycles. The van der Waals surface area contributed by atoms with Crippen LogP contribution in [0.15, 0.2) is 12.3 Å². The lowest BCUT2D eigenvalue weighted by atomic mass is 10.2. The second-order valence-electron chi connectivity index (χ2n) is 5.41. The molecule has 1 aliphatic rings. The molecule has 1 aromatic rings. The fourth-order valence-corrected chi connectivity index (χ4v) is 2.64. The number of amides is 1. The van der Waals surface area contributed by atoms with E-state index in [9.17, 15) is 4.79 Å². The fourth-order valence-electron chi connectivity index (χ4n) is 2.38. The molecule has 1 amide bonds. The van der Waals surface area contributed by atoms with Crippen molar-refractivity contribution in [1.29, 1.82) is 0 Å². The van der Waals surface area contributed by atoms with Gasteiger partial charge in [0, 0.05) is 45.5 Å². The molecular formula is C14H22ClN5O. The maximum Gasteiger partial charge on any atom is 0.252 e. The molecule has 0 saturated carbocycles. The quantitative estimate of drug-likeness (QED) is 0.859. The Morgan fingerprint density at radius 2 is 2.24 bits per heavy atom. The number of carbonyl (C=O) groups excluding carboxylic acids is 1. The molecule has 1 aliphatic heterocycles. The first-order valence-corrected chi connectivity index (χ1v) is 7.39. The van der Waals surface area contributed by atoms with Gasteiger partial charge in [-0.15, -0.1) is 0 Å². The van der Waals surface area contributed by atoms with Crippen LogP contribution in [0.3, 0.4) is 0 Å². The second-order valence-corrected chi connectivity index (χ2v) is 5.82. The number of rotatable bonds is 4. The minimum absolute atomic E-state index is 0.145.